The monoisotopic (exact) mass is 169 g/mol. The number of rotatable bonds is 3. The second-order valence-corrected chi connectivity index (χ2v) is 4.09. The van der Waals surface area contributed by atoms with E-state index in [1.807, 2.05) is 0 Å². The molecule has 0 radical (unpaired) electrons. The van der Waals surface area contributed by atoms with Gasteiger partial charge in [0.15, 0.2) is 0 Å². The summed E-state index contributed by atoms with van der Waals surface area (Å²) >= 11 is 1.65. The van der Waals surface area contributed by atoms with Crippen LogP contribution in [0.5, 0.6) is 0 Å². The molecule has 3 nitrogen and oxygen atoms in total. The van der Waals surface area contributed by atoms with Crippen molar-refractivity contribution in [2.75, 3.05) is 0 Å². The standard InChI is InChI=1S/C7H11N3S/c8-4-7-10-9-6(11-7)3-5-1-2-5/h5H,1-4,8H2. The Balaban J connectivity index is 1.99. The summed E-state index contributed by atoms with van der Waals surface area (Å²) in [5, 5.41) is 10.1. The fraction of sp³-hybridized carbons (Fsp3) is 0.714. The van der Waals surface area contributed by atoms with Gasteiger partial charge in [-0.25, -0.2) is 0 Å². The van der Waals surface area contributed by atoms with Gasteiger partial charge in [0, 0.05) is 13.0 Å². The Labute approximate surface area is 69.6 Å². The molecule has 1 heterocycles. The molecule has 2 rings (SSSR count). The summed E-state index contributed by atoms with van der Waals surface area (Å²) in [4.78, 5) is 0. The van der Waals surface area contributed by atoms with Crippen molar-refractivity contribution in [3.63, 3.8) is 0 Å². The highest BCUT2D eigenvalue weighted by atomic mass is 32.1. The topological polar surface area (TPSA) is 51.8 Å². The van der Waals surface area contributed by atoms with Crippen molar-refractivity contribution in [1.29, 1.82) is 0 Å². The summed E-state index contributed by atoms with van der Waals surface area (Å²) in [5.41, 5.74) is 5.42. The average Bonchev–Trinajstić information content (AvgIpc) is 2.68. The maximum Gasteiger partial charge on any atom is 0.131 e. The van der Waals surface area contributed by atoms with Crippen molar-refractivity contribution in [3.8, 4) is 0 Å². The molecule has 0 aliphatic heterocycles. The van der Waals surface area contributed by atoms with Crippen LogP contribution < -0.4 is 5.73 Å². The molecule has 0 amide bonds. The lowest BCUT2D eigenvalue weighted by atomic mass is 10.3. The molecule has 0 saturated heterocycles. The Morgan fingerprint density at radius 3 is 2.64 bits per heavy atom. The van der Waals surface area contributed by atoms with Gasteiger partial charge in [-0.05, 0) is 18.8 Å². The fourth-order valence-electron chi connectivity index (χ4n) is 1.02. The zero-order valence-electron chi connectivity index (χ0n) is 6.29. The van der Waals surface area contributed by atoms with Crippen molar-refractivity contribution < 1.29 is 0 Å². The van der Waals surface area contributed by atoms with Gasteiger partial charge >= 0.3 is 0 Å². The first kappa shape index (κ1) is 7.18. The lowest BCUT2D eigenvalue weighted by Gasteiger charge is -1.86. The largest absolute Gasteiger partial charge is 0.324 e. The third-order valence-corrected chi connectivity index (χ3v) is 2.81. The van der Waals surface area contributed by atoms with Gasteiger partial charge < -0.3 is 5.73 Å². The summed E-state index contributed by atoms with van der Waals surface area (Å²) in [7, 11) is 0. The van der Waals surface area contributed by atoms with E-state index in [1.165, 1.54) is 12.8 Å². The maximum absolute atomic E-state index is 5.42. The van der Waals surface area contributed by atoms with Gasteiger partial charge in [-0.1, -0.05) is 0 Å². The number of hydrogen-bond donors (Lipinski definition) is 1. The molecular formula is C7H11N3S. The molecule has 4 heteroatoms. The minimum absolute atomic E-state index is 0.530. The highest BCUT2D eigenvalue weighted by Crippen LogP contribution is 2.33. The van der Waals surface area contributed by atoms with Crippen molar-refractivity contribution >= 4 is 11.3 Å². The lowest BCUT2D eigenvalue weighted by molar-refractivity contribution is 0.802. The molecule has 1 aromatic rings. The predicted molar refractivity (Wildman–Crippen MR) is 44.2 cm³/mol. The first-order valence-corrected chi connectivity index (χ1v) is 4.71. The summed E-state index contributed by atoms with van der Waals surface area (Å²) in [6, 6.07) is 0. The van der Waals surface area contributed by atoms with Crippen LogP contribution in [0.25, 0.3) is 0 Å². The summed E-state index contributed by atoms with van der Waals surface area (Å²) in [5.74, 6) is 0.897. The Kier molecular flexibility index (Phi) is 1.87. The van der Waals surface area contributed by atoms with E-state index in [0.717, 1.165) is 22.4 Å². The van der Waals surface area contributed by atoms with E-state index in [-0.39, 0.29) is 0 Å². The van der Waals surface area contributed by atoms with Gasteiger partial charge in [-0.2, -0.15) is 0 Å². The van der Waals surface area contributed by atoms with E-state index >= 15 is 0 Å². The van der Waals surface area contributed by atoms with E-state index in [4.69, 9.17) is 5.73 Å². The average molecular weight is 169 g/mol. The van der Waals surface area contributed by atoms with Gasteiger partial charge in [0.2, 0.25) is 0 Å². The second kappa shape index (κ2) is 2.87. The molecule has 1 saturated carbocycles. The van der Waals surface area contributed by atoms with Crippen LogP contribution in [0, 0.1) is 5.92 Å². The van der Waals surface area contributed by atoms with Crippen LogP contribution in [0.2, 0.25) is 0 Å². The van der Waals surface area contributed by atoms with E-state index in [1.54, 1.807) is 11.3 Å². The van der Waals surface area contributed by atoms with Crippen LogP contribution in [0.1, 0.15) is 22.9 Å². The molecule has 0 bridgehead atoms. The first-order chi connectivity index (χ1) is 5.38. The molecule has 11 heavy (non-hydrogen) atoms. The van der Waals surface area contributed by atoms with Crippen molar-refractivity contribution in [2.45, 2.75) is 25.8 Å². The van der Waals surface area contributed by atoms with Crippen molar-refractivity contribution in [3.05, 3.63) is 10.0 Å². The Morgan fingerprint density at radius 1 is 1.36 bits per heavy atom. The third kappa shape index (κ3) is 1.75. The quantitative estimate of drug-likeness (QED) is 0.733. The Hall–Kier alpha value is -0.480. The second-order valence-electron chi connectivity index (χ2n) is 2.94. The molecule has 60 valence electrons. The molecule has 0 unspecified atom stereocenters. The van der Waals surface area contributed by atoms with Crippen molar-refractivity contribution in [2.24, 2.45) is 11.7 Å². The Morgan fingerprint density at radius 2 is 2.09 bits per heavy atom. The summed E-state index contributed by atoms with van der Waals surface area (Å²) in [6.45, 7) is 0.530. The molecule has 1 aromatic heterocycles. The molecular weight excluding hydrogens is 158 g/mol. The molecule has 0 atom stereocenters. The van der Waals surface area contributed by atoms with Gasteiger partial charge in [0.05, 0.1) is 0 Å². The summed E-state index contributed by atoms with van der Waals surface area (Å²) in [6.07, 6.45) is 3.87. The number of nitrogens with zero attached hydrogens (tertiary/aromatic N) is 2. The van der Waals surface area contributed by atoms with E-state index in [0.29, 0.717) is 6.54 Å². The molecule has 1 aliphatic carbocycles. The van der Waals surface area contributed by atoms with E-state index in [2.05, 4.69) is 10.2 Å². The lowest BCUT2D eigenvalue weighted by Crippen LogP contribution is -1.94. The van der Waals surface area contributed by atoms with Crippen LogP contribution in [-0.2, 0) is 13.0 Å². The molecule has 1 fully saturated rings. The number of nitrogens with two attached hydrogens (primary N) is 1. The summed E-state index contributed by atoms with van der Waals surface area (Å²) < 4.78 is 0. The van der Waals surface area contributed by atoms with Crippen LogP contribution in [-0.4, -0.2) is 10.2 Å². The van der Waals surface area contributed by atoms with Crippen LogP contribution in [0.3, 0.4) is 0 Å². The molecule has 1 aliphatic rings. The van der Waals surface area contributed by atoms with Gasteiger partial charge in [0.25, 0.3) is 0 Å². The molecule has 0 spiro atoms. The van der Waals surface area contributed by atoms with E-state index < -0.39 is 0 Å². The van der Waals surface area contributed by atoms with Gasteiger partial charge in [-0.15, -0.1) is 21.5 Å². The van der Waals surface area contributed by atoms with Crippen LogP contribution >= 0.6 is 11.3 Å². The van der Waals surface area contributed by atoms with Crippen LogP contribution in [0.15, 0.2) is 0 Å². The van der Waals surface area contributed by atoms with Gasteiger partial charge in [-0.3, -0.25) is 0 Å². The first-order valence-electron chi connectivity index (χ1n) is 3.90. The maximum atomic E-state index is 5.42. The predicted octanol–water partition coefficient (Wildman–Crippen LogP) is 0.949. The zero-order chi connectivity index (χ0) is 7.68. The Bertz CT molecular complexity index is 242. The molecule has 0 aromatic carbocycles. The normalized spacial score (nSPS) is 17.2. The highest BCUT2D eigenvalue weighted by Gasteiger charge is 2.23. The number of aromatic nitrogens is 2. The minimum Gasteiger partial charge on any atom is -0.324 e. The van der Waals surface area contributed by atoms with Crippen molar-refractivity contribution in [1.82, 2.24) is 10.2 Å². The van der Waals surface area contributed by atoms with Gasteiger partial charge in [0.1, 0.15) is 10.0 Å². The third-order valence-electron chi connectivity index (χ3n) is 1.84. The highest BCUT2D eigenvalue weighted by molar-refractivity contribution is 7.11. The fourth-order valence-corrected chi connectivity index (χ4v) is 1.86. The van der Waals surface area contributed by atoms with Crippen LogP contribution in [0.4, 0.5) is 0 Å². The smallest absolute Gasteiger partial charge is 0.131 e. The SMILES string of the molecule is NCc1nnc(CC2CC2)s1. The van der Waals surface area contributed by atoms with E-state index in [9.17, 15) is 0 Å². The number of hydrogen-bond acceptors (Lipinski definition) is 4. The zero-order valence-corrected chi connectivity index (χ0v) is 7.10. The minimum atomic E-state index is 0.530. The molecule has 2 N–H and O–H groups in total.